The van der Waals surface area contributed by atoms with Crippen molar-refractivity contribution in [2.75, 3.05) is 11.5 Å². The molecule has 1 fully saturated rings. The number of carbonyl (C=O) groups is 4. The number of ether oxygens (including phenoxy) is 1. The third-order valence-electron chi connectivity index (χ3n) is 6.40. The minimum atomic E-state index is -4.86. The quantitative estimate of drug-likeness (QED) is 0.115. The minimum absolute atomic E-state index is 0.0141. The molecule has 0 bridgehead atoms. The van der Waals surface area contributed by atoms with E-state index >= 15 is 0 Å². The summed E-state index contributed by atoms with van der Waals surface area (Å²) in [6, 6.07) is 16.9. The summed E-state index contributed by atoms with van der Waals surface area (Å²) in [6.45, 7) is -0.521. The van der Waals surface area contributed by atoms with Gasteiger partial charge in [-0.15, -0.1) is 11.3 Å². The predicted octanol–water partition coefficient (Wildman–Crippen LogP) is 6.82. The summed E-state index contributed by atoms with van der Waals surface area (Å²) in [5.74, 6) is -2.60. The molecule has 1 saturated heterocycles. The molecule has 222 valence electrons. The first-order chi connectivity index (χ1) is 21.0. The first kappa shape index (κ1) is 30.9. The van der Waals surface area contributed by atoms with Crippen LogP contribution < -0.4 is 4.90 Å². The molecule has 0 radical (unpaired) electrons. The number of thioether (sulfide) groups is 1. The van der Waals surface area contributed by atoms with Gasteiger partial charge in [-0.2, -0.15) is 18.4 Å². The Labute approximate surface area is 261 Å². The Hall–Kier alpha value is -4.51. The average Bonchev–Trinajstić information content (AvgIpc) is 3.63. The lowest BCUT2D eigenvalue weighted by Crippen LogP contribution is -2.31. The van der Waals surface area contributed by atoms with Crippen LogP contribution in [-0.4, -0.2) is 40.4 Å². The number of anilines is 1. The lowest BCUT2D eigenvalue weighted by molar-refractivity contribution is -0.138. The van der Waals surface area contributed by atoms with Crippen molar-refractivity contribution in [2.45, 2.75) is 22.9 Å². The van der Waals surface area contributed by atoms with Crippen molar-refractivity contribution in [1.82, 2.24) is 4.98 Å². The van der Waals surface area contributed by atoms with Crippen LogP contribution in [0.15, 0.2) is 77.1 Å². The highest BCUT2D eigenvalue weighted by Crippen LogP contribution is 2.41. The highest BCUT2D eigenvalue weighted by atomic mass is 35.5. The number of alkyl halides is 3. The highest BCUT2D eigenvalue weighted by molar-refractivity contribution is 8.00. The second-order valence-corrected chi connectivity index (χ2v) is 11.8. The van der Waals surface area contributed by atoms with Crippen molar-refractivity contribution in [1.29, 1.82) is 5.26 Å². The summed E-state index contributed by atoms with van der Waals surface area (Å²) < 4.78 is 46.7. The molecule has 0 saturated carbocycles. The standard InChI is InChI=1S/C30H17ClF3N3O5S2/c31-18-7-3-16(4-8-18)23(38)15-42-29(41)17-5-9-19(10-6-17)37-26(39)13-25(28(37)40)44-27-20(14-35)21(30(32,33)34)12-22(36-27)24-2-1-11-43-24/h1-12,25H,13,15H2. The van der Waals surface area contributed by atoms with Crippen molar-refractivity contribution in [2.24, 2.45) is 0 Å². The predicted molar refractivity (Wildman–Crippen MR) is 157 cm³/mol. The molecule has 4 aromatic rings. The van der Waals surface area contributed by atoms with E-state index in [0.717, 1.165) is 22.3 Å². The number of rotatable bonds is 8. The third-order valence-corrected chi connectivity index (χ3v) is 8.71. The number of ketones is 1. The number of hydrogen-bond donors (Lipinski definition) is 0. The number of thiophene rings is 1. The van der Waals surface area contributed by atoms with E-state index in [2.05, 4.69) is 4.98 Å². The van der Waals surface area contributed by atoms with E-state index in [1.807, 2.05) is 0 Å². The number of halogens is 4. The number of Topliss-reactive ketones (excluding diaryl/α,β-unsaturated/α-hetero) is 1. The molecule has 0 spiro atoms. The maximum atomic E-state index is 13.9. The van der Waals surface area contributed by atoms with E-state index in [1.54, 1.807) is 23.6 Å². The van der Waals surface area contributed by atoms with Crippen LogP contribution in [0.3, 0.4) is 0 Å². The summed E-state index contributed by atoms with van der Waals surface area (Å²) in [6.07, 6.45) is -5.21. The van der Waals surface area contributed by atoms with Gasteiger partial charge in [-0.1, -0.05) is 29.4 Å². The topological polar surface area (TPSA) is 117 Å². The second kappa shape index (κ2) is 12.6. The van der Waals surface area contributed by atoms with Gasteiger partial charge in [0.15, 0.2) is 12.4 Å². The smallest absolute Gasteiger partial charge is 0.417 e. The molecule has 5 rings (SSSR count). The van der Waals surface area contributed by atoms with E-state index in [0.29, 0.717) is 27.2 Å². The molecule has 44 heavy (non-hydrogen) atoms. The molecule has 2 aromatic heterocycles. The van der Waals surface area contributed by atoms with Crippen LogP contribution in [0.5, 0.6) is 0 Å². The van der Waals surface area contributed by atoms with Crippen molar-refractivity contribution in [3.63, 3.8) is 0 Å². The maximum Gasteiger partial charge on any atom is 0.417 e. The summed E-state index contributed by atoms with van der Waals surface area (Å²) >= 11 is 7.58. The number of amides is 2. The summed E-state index contributed by atoms with van der Waals surface area (Å²) in [5.41, 5.74) is -1.46. The van der Waals surface area contributed by atoms with Gasteiger partial charge in [0.05, 0.1) is 38.2 Å². The van der Waals surface area contributed by atoms with Crippen LogP contribution in [0, 0.1) is 11.3 Å². The van der Waals surface area contributed by atoms with Crippen LogP contribution >= 0.6 is 34.7 Å². The number of nitriles is 1. The van der Waals surface area contributed by atoms with E-state index < -0.39 is 52.7 Å². The van der Waals surface area contributed by atoms with Gasteiger partial charge >= 0.3 is 12.1 Å². The lowest BCUT2D eigenvalue weighted by atomic mass is 10.1. The average molecular weight is 656 g/mol. The number of pyridine rings is 1. The van der Waals surface area contributed by atoms with Gasteiger partial charge in [0.2, 0.25) is 11.8 Å². The first-order valence-corrected chi connectivity index (χ1v) is 14.8. The number of nitrogens with zero attached hydrogens (tertiary/aromatic N) is 3. The van der Waals surface area contributed by atoms with Crippen LogP contribution in [0.25, 0.3) is 10.6 Å². The molecule has 1 aliphatic rings. The number of esters is 1. The Morgan fingerprint density at radius 3 is 2.39 bits per heavy atom. The molecule has 8 nitrogen and oxygen atoms in total. The fourth-order valence-electron chi connectivity index (χ4n) is 4.27. The summed E-state index contributed by atoms with van der Waals surface area (Å²) in [5, 5.41) is 10.2. The zero-order valence-electron chi connectivity index (χ0n) is 22.1. The monoisotopic (exact) mass is 655 g/mol. The van der Waals surface area contributed by atoms with Gasteiger partial charge in [0.1, 0.15) is 11.1 Å². The van der Waals surface area contributed by atoms with Crippen LogP contribution in [-0.2, 0) is 20.5 Å². The second-order valence-electron chi connectivity index (χ2n) is 9.25. The largest absolute Gasteiger partial charge is 0.454 e. The molecule has 1 aliphatic heterocycles. The zero-order valence-corrected chi connectivity index (χ0v) is 24.5. The number of imide groups is 1. The Morgan fingerprint density at radius 2 is 1.77 bits per heavy atom. The zero-order chi connectivity index (χ0) is 31.6. The molecular formula is C30H17ClF3N3O5S2. The van der Waals surface area contributed by atoms with Gasteiger partial charge in [0.25, 0.3) is 0 Å². The molecule has 2 aromatic carbocycles. The first-order valence-electron chi connectivity index (χ1n) is 12.6. The van der Waals surface area contributed by atoms with Crippen LogP contribution in [0.1, 0.15) is 38.3 Å². The molecular weight excluding hydrogens is 639 g/mol. The van der Waals surface area contributed by atoms with Crippen molar-refractivity contribution >= 4 is 64.0 Å². The van der Waals surface area contributed by atoms with E-state index in [9.17, 15) is 37.6 Å². The van der Waals surface area contributed by atoms with Gasteiger partial charge in [-0.05, 0) is 66.0 Å². The number of hydrogen-bond acceptors (Lipinski definition) is 9. The van der Waals surface area contributed by atoms with Gasteiger partial charge < -0.3 is 4.74 Å². The molecule has 1 atom stereocenters. The van der Waals surface area contributed by atoms with Gasteiger partial charge in [-0.3, -0.25) is 14.4 Å². The van der Waals surface area contributed by atoms with Gasteiger partial charge in [-0.25, -0.2) is 14.7 Å². The van der Waals surface area contributed by atoms with E-state index in [-0.39, 0.29) is 28.4 Å². The number of aromatic nitrogens is 1. The van der Waals surface area contributed by atoms with E-state index in [1.165, 1.54) is 48.5 Å². The Morgan fingerprint density at radius 1 is 1.09 bits per heavy atom. The van der Waals surface area contributed by atoms with Crippen molar-refractivity contribution in [3.8, 4) is 16.6 Å². The fraction of sp³-hybridized carbons (Fsp3) is 0.133. The maximum absolute atomic E-state index is 13.9. The third kappa shape index (κ3) is 6.52. The Kier molecular flexibility index (Phi) is 8.87. The van der Waals surface area contributed by atoms with Crippen molar-refractivity contribution < 1.29 is 37.1 Å². The Balaban J connectivity index is 1.31. The van der Waals surface area contributed by atoms with Crippen LogP contribution in [0.4, 0.5) is 18.9 Å². The molecule has 14 heteroatoms. The Bertz CT molecular complexity index is 1810. The molecule has 0 N–H and O–H groups in total. The molecule has 2 amide bonds. The van der Waals surface area contributed by atoms with Crippen molar-refractivity contribution in [3.05, 3.63) is 99.4 Å². The highest BCUT2D eigenvalue weighted by Gasteiger charge is 2.42. The molecule has 1 unspecified atom stereocenters. The molecule has 3 heterocycles. The fourth-order valence-corrected chi connectivity index (χ4v) is 6.21. The SMILES string of the molecule is N#Cc1c(C(F)(F)F)cc(-c2cccs2)nc1SC1CC(=O)N(c2ccc(C(=O)OCC(=O)c3ccc(Cl)cc3)cc2)C1=O. The lowest BCUT2D eigenvalue weighted by Gasteiger charge is -2.17. The van der Waals surface area contributed by atoms with Crippen LogP contribution in [0.2, 0.25) is 5.02 Å². The van der Waals surface area contributed by atoms with E-state index in [4.69, 9.17) is 16.3 Å². The summed E-state index contributed by atoms with van der Waals surface area (Å²) in [4.78, 5) is 56.4. The number of carbonyl (C=O) groups excluding carboxylic acids is 4. The van der Waals surface area contributed by atoms with Gasteiger partial charge in [0, 0.05) is 17.0 Å². The normalized spacial score (nSPS) is 14.9. The summed E-state index contributed by atoms with van der Waals surface area (Å²) in [7, 11) is 0. The molecule has 0 aliphatic carbocycles. The minimum Gasteiger partial charge on any atom is -0.454 e. The number of benzene rings is 2.